The van der Waals surface area contributed by atoms with Crippen LogP contribution in [0.4, 0.5) is 0 Å². The second kappa shape index (κ2) is 7.88. The number of carbonyl (C=O) groups excluding carboxylic acids is 1. The lowest BCUT2D eigenvalue weighted by Crippen LogP contribution is -2.18. The quantitative estimate of drug-likeness (QED) is 0.573. The van der Waals surface area contributed by atoms with Crippen LogP contribution >= 0.6 is 0 Å². The van der Waals surface area contributed by atoms with Crippen LogP contribution in [0.15, 0.2) is 48.0 Å². The zero-order chi connectivity index (χ0) is 17.6. The van der Waals surface area contributed by atoms with Gasteiger partial charge >= 0.3 is 0 Å². The Bertz CT molecular complexity index is 792. The Balaban J connectivity index is 1.86. The van der Waals surface area contributed by atoms with Crippen molar-refractivity contribution < 1.29 is 19.0 Å². The minimum Gasteiger partial charge on any atom is -0.493 e. The molecule has 0 aliphatic carbocycles. The van der Waals surface area contributed by atoms with E-state index in [1.807, 2.05) is 42.5 Å². The largest absolute Gasteiger partial charge is 0.493 e. The summed E-state index contributed by atoms with van der Waals surface area (Å²) >= 11 is 0. The molecule has 130 valence electrons. The van der Waals surface area contributed by atoms with Gasteiger partial charge in [-0.3, -0.25) is 4.79 Å². The monoisotopic (exact) mass is 338 g/mol. The highest BCUT2D eigenvalue weighted by Gasteiger charge is 2.22. The smallest absolute Gasteiger partial charge is 0.196 e. The van der Waals surface area contributed by atoms with Gasteiger partial charge in [-0.25, -0.2) is 0 Å². The molecule has 2 aromatic rings. The lowest BCUT2D eigenvalue weighted by Gasteiger charge is -2.18. The molecule has 25 heavy (non-hydrogen) atoms. The lowest BCUT2D eigenvalue weighted by molar-refractivity contribution is 0.100. The molecule has 3 rings (SSSR count). The molecule has 0 saturated heterocycles. The van der Waals surface area contributed by atoms with E-state index in [1.54, 1.807) is 13.2 Å². The normalized spacial score (nSPS) is 14.8. The maximum absolute atomic E-state index is 12.6. The molecule has 0 bridgehead atoms. The van der Waals surface area contributed by atoms with Gasteiger partial charge in [-0.15, -0.1) is 0 Å². The molecule has 2 aromatic carbocycles. The van der Waals surface area contributed by atoms with Gasteiger partial charge in [0.2, 0.25) is 0 Å². The molecule has 0 radical (unpaired) electrons. The first-order valence-electron chi connectivity index (χ1n) is 8.51. The fraction of sp³-hybridized carbons (Fsp3) is 0.286. The fourth-order valence-electron chi connectivity index (χ4n) is 2.70. The van der Waals surface area contributed by atoms with E-state index in [9.17, 15) is 4.79 Å². The van der Waals surface area contributed by atoms with Gasteiger partial charge in [-0.2, -0.15) is 0 Å². The van der Waals surface area contributed by atoms with Gasteiger partial charge in [-0.1, -0.05) is 31.5 Å². The average molecular weight is 338 g/mol. The molecular formula is C21H22O4. The Labute approximate surface area is 148 Å². The number of carbonyl (C=O) groups is 1. The Morgan fingerprint density at radius 3 is 2.80 bits per heavy atom. The summed E-state index contributed by atoms with van der Waals surface area (Å²) in [5, 5.41) is 0. The van der Waals surface area contributed by atoms with E-state index in [4.69, 9.17) is 14.2 Å². The van der Waals surface area contributed by atoms with Crippen LogP contribution in [-0.2, 0) is 0 Å². The third-order valence-electron chi connectivity index (χ3n) is 4.09. The Hall–Kier alpha value is -2.75. The second-order valence-electron chi connectivity index (χ2n) is 5.90. The van der Waals surface area contributed by atoms with Gasteiger partial charge in [0.1, 0.15) is 12.4 Å². The third-order valence-corrected chi connectivity index (χ3v) is 4.09. The van der Waals surface area contributed by atoms with E-state index in [-0.39, 0.29) is 12.4 Å². The summed E-state index contributed by atoms with van der Waals surface area (Å²) in [4.78, 5) is 12.6. The van der Waals surface area contributed by atoms with Crippen LogP contribution in [0.3, 0.4) is 0 Å². The van der Waals surface area contributed by atoms with Crippen LogP contribution in [0.2, 0.25) is 0 Å². The van der Waals surface area contributed by atoms with Crippen molar-refractivity contribution in [2.75, 3.05) is 20.3 Å². The number of fused-ring (bicyclic) bond motifs is 1. The van der Waals surface area contributed by atoms with Gasteiger partial charge in [0.25, 0.3) is 0 Å². The molecule has 1 heterocycles. The summed E-state index contributed by atoms with van der Waals surface area (Å²) in [5.74, 6) is 2.03. The van der Waals surface area contributed by atoms with Gasteiger partial charge < -0.3 is 14.2 Å². The summed E-state index contributed by atoms with van der Waals surface area (Å²) in [6, 6.07) is 13.0. The Kier molecular flexibility index (Phi) is 5.39. The van der Waals surface area contributed by atoms with Crippen molar-refractivity contribution in [3.63, 3.8) is 0 Å². The van der Waals surface area contributed by atoms with E-state index in [1.165, 1.54) is 0 Å². The van der Waals surface area contributed by atoms with Crippen LogP contribution < -0.4 is 14.2 Å². The van der Waals surface area contributed by atoms with Crippen molar-refractivity contribution in [3.05, 3.63) is 59.2 Å². The Morgan fingerprint density at radius 1 is 1.16 bits per heavy atom. The number of hydrogen-bond acceptors (Lipinski definition) is 4. The number of unbranched alkanes of at least 4 members (excludes halogenated alkanes) is 1. The van der Waals surface area contributed by atoms with Crippen molar-refractivity contribution in [2.24, 2.45) is 0 Å². The highest BCUT2D eigenvalue weighted by atomic mass is 16.5. The maximum atomic E-state index is 12.6. The maximum Gasteiger partial charge on any atom is 0.196 e. The predicted octanol–water partition coefficient (Wildman–Crippen LogP) is 4.53. The Morgan fingerprint density at radius 2 is 2.00 bits per heavy atom. The van der Waals surface area contributed by atoms with E-state index < -0.39 is 0 Å². The summed E-state index contributed by atoms with van der Waals surface area (Å²) in [6.45, 7) is 3.03. The average Bonchev–Trinajstić information content (AvgIpc) is 2.65. The van der Waals surface area contributed by atoms with Crippen molar-refractivity contribution in [1.29, 1.82) is 0 Å². The van der Waals surface area contributed by atoms with Gasteiger partial charge in [0.05, 0.1) is 19.3 Å². The molecule has 0 spiro atoms. The summed E-state index contributed by atoms with van der Waals surface area (Å²) in [7, 11) is 1.62. The highest BCUT2D eigenvalue weighted by molar-refractivity contribution is 6.14. The SMILES string of the molecule is CCCCOc1cc(C=C2COc3ccccc3C2=O)ccc1OC. The molecule has 4 nitrogen and oxygen atoms in total. The number of benzene rings is 2. The molecule has 0 amide bonds. The van der Waals surface area contributed by atoms with Crippen LogP contribution in [0.1, 0.15) is 35.7 Å². The van der Waals surface area contributed by atoms with Crippen LogP contribution in [0.25, 0.3) is 6.08 Å². The molecule has 0 N–H and O–H groups in total. The number of para-hydroxylation sites is 1. The van der Waals surface area contributed by atoms with Gasteiger partial charge in [0, 0.05) is 5.57 Å². The van der Waals surface area contributed by atoms with Gasteiger partial charge in [-0.05, 0) is 42.3 Å². The number of methoxy groups -OCH3 is 1. The molecular weight excluding hydrogens is 316 g/mol. The lowest BCUT2D eigenvalue weighted by atomic mass is 9.98. The molecule has 0 fully saturated rings. The van der Waals surface area contributed by atoms with Crippen LogP contribution in [0.5, 0.6) is 17.2 Å². The van der Waals surface area contributed by atoms with Crippen molar-refractivity contribution in [3.8, 4) is 17.2 Å². The molecule has 0 unspecified atom stereocenters. The predicted molar refractivity (Wildman–Crippen MR) is 97.6 cm³/mol. The first-order valence-corrected chi connectivity index (χ1v) is 8.51. The molecule has 0 aromatic heterocycles. The highest BCUT2D eigenvalue weighted by Crippen LogP contribution is 2.31. The molecule has 1 aliphatic heterocycles. The number of rotatable bonds is 6. The van der Waals surface area contributed by atoms with Crippen molar-refractivity contribution in [2.45, 2.75) is 19.8 Å². The third kappa shape index (κ3) is 3.85. The standard InChI is InChI=1S/C21H22O4/c1-3-4-11-24-20-13-15(9-10-19(20)23-2)12-16-14-25-18-8-6-5-7-17(18)21(16)22/h5-10,12-13H,3-4,11,14H2,1-2H3. The summed E-state index contributed by atoms with van der Waals surface area (Å²) < 4.78 is 16.9. The number of hydrogen-bond donors (Lipinski definition) is 0. The summed E-state index contributed by atoms with van der Waals surface area (Å²) in [5.41, 5.74) is 2.12. The van der Waals surface area contributed by atoms with Gasteiger partial charge in [0.15, 0.2) is 17.3 Å². The van der Waals surface area contributed by atoms with Crippen LogP contribution in [0, 0.1) is 0 Å². The topological polar surface area (TPSA) is 44.8 Å². The first kappa shape index (κ1) is 17.1. The van der Waals surface area contributed by atoms with E-state index in [2.05, 4.69) is 6.92 Å². The summed E-state index contributed by atoms with van der Waals surface area (Å²) in [6.07, 6.45) is 3.90. The molecule has 0 saturated carbocycles. The zero-order valence-corrected chi connectivity index (χ0v) is 14.6. The number of ketones is 1. The minimum absolute atomic E-state index is 0.00567. The van der Waals surface area contributed by atoms with E-state index >= 15 is 0 Å². The molecule has 0 atom stereocenters. The first-order chi connectivity index (χ1) is 12.2. The van der Waals surface area contributed by atoms with Crippen LogP contribution in [-0.4, -0.2) is 26.1 Å². The zero-order valence-electron chi connectivity index (χ0n) is 14.6. The van der Waals surface area contributed by atoms with E-state index in [0.717, 1.165) is 18.4 Å². The minimum atomic E-state index is 0.00567. The molecule has 1 aliphatic rings. The van der Waals surface area contributed by atoms with Crippen molar-refractivity contribution in [1.82, 2.24) is 0 Å². The second-order valence-corrected chi connectivity index (χ2v) is 5.90. The van der Waals surface area contributed by atoms with E-state index in [0.29, 0.717) is 35.0 Å². The number of Topliss-reactive ketones (excluding diaryl/α,β-unsaturated/α-hetero) is 1. The van der Waals surface area contributed by atoms with Crippen molar-refractivity contribution >= 4 is 11.9 Å². The fourth-order valence-corrected chi connectivity index (χ4v) is 2.70. The molecule has 4 heteroatoms. The number of ether oxygens (including phenoxy) is 3.